The van der Waals surface area contributed by atoms with Crippen molar-refractivity contribution in [2.75, 3.05) is 31.2 Å². The number of rotatable bonds is 2. The minimum absolute atomic E-state index is 0.239. The van der Waals surface area contributed by atoms with Crippen LogP contribution in [0.1, 0.15) is 24.2 Å². The molecule has 0 aliphatic carbocycles. The Bertz CT molecular complexity index is 588. The summed E-state index contributed by atoms with van der Waals surface area (Å²) in [6.45, 7) is 6.64. The molecule has 6 heteroatoms. The lowest BCUT2D eigenvalue weighted by Crippen LogP contribution is -2.37. The van der Waals surface area contributed by atoms with Gasteiger partial charge in [-0.3, -0.25) is 0 Å². The predicted molar refractivity (Wildman–Crippen MR) is 76.5 cm³/mol. The van der Waals surface area contributed by atoms with Gasteiger partial charge in [-0.05, 0) is 12.1 Å². The van der Waals surface area contributed by atoms with Gasteiger partial charge in [-0.2, -0.15) is 5.10 Å². The van der Waals surface area contributed by atoms with E-state index in [1.54, 1.807) is 4.52 Å². The summed E-state index contributed by atoms with van der Waals surface area (Å²) >= 11 is 0. The third kappa shape index (κ3) is 2.60. The number of hydrogen-bond acceptors (Lipinski definition) is 4. The van der Waals surface area contributed by atoms with Gasteiger partial charge in [0, 0.05) is 19.3 Å². The fraction of sp³-hybridized carbons (Fsp3) is 0.429. The Labute approximate surface area is 117 Å². The largest absolute Gasteiger partial charge is 0.478 e. The van der Waals surface area contributed by atoms with Gasteiger partial charge in [0.15, 0.2) is 0 Å². The number of aromatic nitrogens is 2. The molecular weight excluding hydrogens is 258 g/mol. The predicted octanol–water partition coefficient (Wildman–Crippen LogP) is 1.90. The van der Waals surface area contributed by atoms with Gasteiger partial charge in [-0.25, -0.2) is 9.31 Å². The Balaban J connectivity index is 0.000000704. The summed E-state index contributed by atoms with van der Waals surface area (Å²) in [4.78, 5) is 13.4. The summed E-state index contributed by atoms with van der Waals surface area (Å²) < 4.78 is 7.00. The highest BCUT2D eigenvalue weighted by molar-refractivity contribution is 5.98. The molecule has 1 aliphatic rings. The Hall–Kier alpha value is -2.08. The van der Waals surface area contributed by atoms with Gasteiger partial charge < -0.3 is 14.7 Å². The smallest absolute Gasteiger partial charge is 0.339 e. The maximum absolute atomic E-state index is 11.3. The molecule has 0 saturated carbocycles. The first-order valence-electron chi connectivity index (χ1n) is 6.80. The van der Waals surface area contributed by atoms with Crippen LogP contribution in [0.15, 0.2) is 24.5 Å². The Morgan fingerprint density at radius 2 is 2.05 bits per heavy atom. The van der Waals surface area contributed by atoms with Crippen molar-refractivity contribution in [2.24, 2.45) is 0 Å². The fourth-order valence-corrected chi connectivity index (χ4v) is 2.26. The van der Waals surface area contributed by atoms with Gasteiger partial charge >= 0.3 is 5.97 Å². The normalized spacial score (nSPS) is 14.8. The molecule has 20 heavy (non-hydrogen) atoms. The number of carbonyl (C=O) groups is 1. The number of carboxylic acid groups (broad SMARTS) is 1. The van der Waals surface area contributed by atoms with Crippen molar-refractivity contribution in [1.29, 1.82) is 0 Å². The van der Waals surface area contributed by atoms with Crippen molar-refractivity contribution in [2.45, 2.75) is 13.8 Å². The van der Waals surface area contributed by atoms with E-state index in [9.17, 15) is 9.90 Å². The molecule has 0 radical (unpaired) electrons. The topological polar surface area (TPSA) is 67.1 Å². The average molecular weight is 277 g/mol. The van der Waals surface area contributed by atoms with Crippen molar-refractivity contribution in [3.63, 3.8) is 0 Å². The van der Waals surface area contributed by atoms with Crippen LogP contribution in [0.5, 0.6) is 0 Å². The van der Waals surface area contributed by atoms with Crippen LogP contribution in [0.3, 0.4) is 0 Å². The Morgan fingerprint density at radius 3 is 2.70 bits per heavy atom. The lowest BCUT2D eigenvalue weighted by molar-refractivity contribution is 0.0695. The molecule has 0 bridgehead atoms. The minimum atomic E-state index is -0.951. The van der Waals surface area contributed by atoms with Crippen LogP contribution in [0.4, 0.5) is 5.69 Å². The zero-order chi connectivity index (χ0) is 14.5. The molecule has 0 aromatic carbocycles. The maximum Gasteiger partial charge on any atom is 0.339 e. The minimum Gasteiger partial charge on any atom is -0.478 e. The highest BCUT2D eigenvalue weighted by atomic mass is 16.5. The molecule has 0 amide bonds. The van der Waals surface area contributed by atoms with Gasteiger partial charge in [0.2, 0.25) is 0 Å². The summed E-state index contributed by atoms with van der Waals surface area (Å²) in [6, 6.07) is 3.74. The zero-order valence-corrected chi connectivity index (χ0v) is 11.7. The molecule has 3 heterocycles. The number of nitrogens with zero attached hydrogens (tertiary/aromatic N) is 3. The van der Waals surface area contributed by atoms with Crippen LogP contribution in [-0.4, -0.2) is 47.0 Å². The van der Waals surface area contributed by atoms with E-state index in [4.69, 9.17) is 4.74 Å². The van der Waals surface area contributed by atoms with Crippen molar-refractivity contribution >= 4 is 17.2 Å². The van der Waals surface area contributed by atoms with E-state index >= 15 is 0 Å². The van der Waals surface area contributed by atoms with Gasteiger partial charge in [-0.15, -0.1) is 0 Å². The molecule has 0 atom stereocenters. The second-order valence-corrected chi connectivity index (χ2v) is 4.15. The summed E-state index contributed by atoms with van der Waals surface area (Å²) in [5, 5.41) is 13.4. The van der Waals surface area contributed by atoms with E-state index in [2.05, 4.69) is 5.10 Å². The average Bonchev–Trinajstić information content (AvgIpc) is 2.97. The SMILES string of the molecule is CC.O=C(O)c1cnn2cccc2c1N1CCOCC1. The van der Waals surface area contributed by atoms with Gasteiger partial charge in [0.1, 0.15) is 5.56 Å². The molecule has 0 spiro atoms. The molecule has 1 fully saturated rings. The van der Waals surface area contributed by atoms with Gasteiger partial charge in [-0.1, -0.05) is 13.8 Å². The molecule has 2 aromatic heterocycles. The van der Waals surface area contributed by atoms with E-state index in [-0.39, 0.29) is 5.56 Å². The highest BCUT2D eigenvalue weighted by Crippen LogP contribution is 2.26. The molecule has 108 valence electrons. The summed E-state index contributed by atoms with van der Waals surface area (Å²) in [6.07, 6.45) is 3.21. The van der Waals surface area contributed by atoms with Crippen LogP contribution < -0.4 is 4.90 Å². The number of ether oxygens (including phenoxy) is 1. The van der Waals surface area contributed by atoms with Crippen LogP contribution >= 0.6 is 0 Å². The summed E-state index contributed by atoms with van der Waals surface area (Å²) in [5.41, 5.74) is 1.78. The van der Waals surface area contributed by atoms with E-state index < -0.39 is 5.97 Å². The van der Waals surface area contributed by atoms with E-state index in [0.29, 0.717) is 26.3 Å². The molecule has 1 aliphatic heterocycles. The highest BCUT2D eigenvalue weighted by Gasteiger charge is 2.21. The first-order chi connectivity index (χ1) is 9.77. The molecule has 6 nitrogen and oxygen atoms in total. The van der Waals surface area contributed by atoms with Crippen LogP contribution in [0, 0.1) is 0 Å². The van der Waals surface area contributed by atoms with E-state index in [1.807, 2.05) is 37.1 Å². The monoisotopic (exact) mass is 277 g/mol. The first-order valence-corrected chi connectivity index (χ1v) is 6.80. The molecule has 0 unspecified atom stereocenters. The van der Waals surface area contributed by atoms with Gasteiger partial charge in [0.05, 0.1) is 30.6 Å². The van der Waals surface area contributed by atoms with Crippen molar-refractivity contribution in [1.82, 2.24) is 9.61 Å². The van der Waals surface area contributed by atoms with Gasteiger partial charge in [0.25, 0.3) is 0 Å². The molecule has 1 N–H and O–H groups in total. The third-order valence-electron chi connectivity index (χ3n) is 3.09. The zero-order valence-electron chi connectivity index (χ0n) is 11.7. The van der Waals surface area contributed by atoms with E-state index in [1.165, 1.54) is 6.20 Å². The third-order valence-corrected chi connectivity index (χ3v) is 3.09. The lowest BCUT2D eigenvalue weighted by Gasteiger charge is -2.30. The maximum atomic E-state index is 11.3. The Kier molecular flexibility index (Phi) is 4.57. The lowest BCUT2D eigenvalue weighted by atomic mass is 10.2. The number of fused-ring (bicyclic) bond motifs is 1. The standard InChI is InChI=1S/C12H13N3O3.C2H6/c16-12(17)9-8-13-15-3-1-2-10(15)11(9)14-4-6-18-7-5-14;1-2/h1-3,8H,4-7H2,(H,16,17);1-2H3. The van der Waals surface area contributed by atoms with Crippen LogP contribution in [-0.2, 0) is 4.74 Å². The molecule has 3 rings (SSSR count). The summed E-state index contributed by atoms with van der Waals surface area (Å²) in [5.74, 6) is -0.951. The molecule has 1 saturated heterocycles. The van der Waals surface area contributed by atoms with E-state index in [0.717, 1.165) is 11.2 Å². The number of anilines is 1. The molecule has 2 aromatic rings. The summed E-state index contributed by atoms with van der Waals surface area (Å²) in [7, 11) is 0. The second-order valence-electron chi connectivity index (χ2n) is 4.15. The van der Waals surface area contributed by atoms with Crippen LogP contribution in [0.2, 0.25) is 0 Å². The quantitative estimate of drug-likeness (QED) is 0.908. The van der Waals surface area contributed by atoms with Crippen molar-refractivity contribution < 1.29 is 14.6 Å². The number of aromatic carboxylic acids is 1. The van der Waals surface area contributed by atoms with Crippen molar-refractivity contribution in [3.8, 4) is 0 Å². The fourth-order valence-electron chi connectivity index (χ4n) is 2.26. The first kappa shape index (κ1) is 14.3. The van der Waals surface area contributed by atoms with Crippen molar-refractivity contribution in [3.05, 3.63) is 30.1 Å². The Morgan fingerprint density at radius 1 is 1.35 bits per heavy atom. The second kappa shape index (κ2) is 6.38. The number of carboxylic acids is 1. The van der Waals surface area contributed by atoms with Crippen LogP contribution in [0.25, 0.3) is 5.52 Å². The number of morpholine rings is 1. The molecular formula is C14H19N3O3. The number of hydrogen-bond donors (Lipinski definition) is 1.